The molecule has 172 valence electrons. The van der Waals surface area contributed by atoms with Gasteiger partial charge in [0.25, 0.3) is 0 Å². The maximum atomic E-state index is 12.8. The highest BCUT2D eigenvalue weighted by atomic mass is 32.1. The smallest absolute Gasteiger partial charge is 0.416 e. The van der Waals surface area contributed by atoms with Gasteiger partial charge in [-0.1, -0.05) is 12.1 Å². The van der Waals surface area contributed by atoms with Crippen molar-refractivity contribution < 1.29 is 27.8 Å². The van der Waals surface area contributed by atoms with Crippen molar-refractivity contribution in [3.05, 3.63) is 63.1 Å². The molecule has 2 aromatic carbocycles. The minimum Gasteiger partial charge on any atom is -0.488 e. The Morgan fingerprint density at radius 1 is 1.09 bits per heavy atom. The van der Waals surface area contributed by atoms with Crippen LogP contribution in [-0.4, -0.2) is 21.0 Å². The van der Waals surface area contributed by atoms with Gasteiger partial charge in [0, 0.05) is 18.1 Å². The number of ether oxygens (including phenoxy) is 1. The molecule has 0 radical (unpaired) electrons. The molecule has 0 aliphatic heterocycles. The van der Waals surface area contributed by atoms with E-state index in [1.165, 1.54) is 34.8 Å². The van der Waals surface area contributed by atoms with E-state index in [-0.39, 0.29) is 13.0 Å². The van der Waals surface area contributed by atoms with E-state index in [4.69, 9.17) is 9.84 Å². The third kappa shape index (κ3) is 5.33. The molecule has 0 aliphatic rings. The van der Waals surface area contributed by atoms with E-state index in [1.54, 1.807) is 0 Å². The van der Waals surface area contributed by atoms with Gasteiger partial charge in [0.05, 0.1) is 37.8 Å². The highest BCUT2D eigenvalue weighted by molar-refractivity contribution is 7.18. The lowest BCUT2D eigenvalue weighted by molar-refractivity contribution is -0.138. The average Bonchev–Trinajstić information content (AvgIpc) is 3.32. The molecular formula is C23H19F3N2O3S2. The van der Waals surface area contributed by atoms with Crippen molar-refractivity contribution in [2.45, 2.75) is 39.5 Å². The summed E-state index contributed by atoms with van der Waals surface area (Å²) in [7, 11) is 0. The van der Waals surface area contributed by atoms with Crippen LogP contribution < -0.4 is 4.74 Å². The number of carboxylic acids is 1. The van der Waals surface area contributed by atoms with Crippen LogP contribution in [0.1, 0.15) is 33.1 Å². The maximum Gasteiger partial charge on any atom is 0.416 e. The minimum absolute atomic E-state index is 0.0358. The van der Waals surface area contributed by atoms with Gasteiger partial charge < -0.3 is 9.84 Å². The van der Waals surface area contributed by atoms with Gasteiger partial charge in [-0.15, -0.1) is 22.7 Å². The molecule has 0 aliphatic carbocycles. The van der Waals surface area contributed by atoms with Crippen LogP contribution in [0.5, 0.6) is 5.75 Å². The second-order valence-electron chi connectivity index (χ2n) is 7.48. The van der Waals surface area contributed by atoms with E-state index in [0.29, 0.717) is 22.7 Å². The Labute approximate surface area is 195 Å². The number of thiazole rings is 2. The Hall–Kier alpha value is -2.98. The van der Waals surface area contributed by atoms with Crippen molar-refractivity contribution in [2.24, 2.45) is 0 Å². The largest absolute Gasteiger partial charge is 0.488 e. The van der Waals surface area contributed by atoms with E-state index >= 15 is 0 Å². The number of aliphatic carboxylic acids is 1. The molecule has 2 heterocycles. The Morgan fingerprint density at radius 2 is 1.82 bits per heavy atom. The van der Waals surface area contributed by atoms with Gasteiger partial charge in [-0.3, -0.25) is 4.79 Å². The van der Waals surface area contributed by atoms with Crippen LogP contribution in [0.15, 0.2) is 36.4 Å². The van der Waals surface area contributed by atoms with Gasteiger partial charge >= 0.3 is 12.1 Å². The van der Waals surface area contributed by atoms with Crippen LogP contribution in [0.3, 0.4) is 0 Å². The molecule has 1 N–H and O–H groups in total. The number of carboxylic acid groups (broad SMARTS) is 1. The first kappa shape index (κ1) is 23.2. The van der Waals surface area contributed by atoms with E-state index in [1.807, 2.05) is 26.0 Å². The molecule has 0 unspecified atom stereocenters. The number of alkyl halides is 3. The quantitative estimate of drug-likeness (QED) is 0.313. The van der Waals surface area contributed by atoms with Crippen molar-refractivity contribution in [3.8, 4) is 16.3 Å². The number of hydrogen-bond donors (Lipinski definition) is 1. The van der Waals surface area contributed by atoms with Crippen molar-refractivity contribution >= 4 is 38.9 Å². The zero-order chi connectivity index (χ0) is 23.8. The summed E-state index contributed by atoms with van der Waals surface area (Å²) in [5.74, 6) is -0.188. The number of fused-ring (bicyclic) bond motifs is 1. The molecule has 4 aromatic rings. The van der Waals surface area contributed by atoms with Crippen LogP contribution in [0.2, 0.25) is 0 Å². The fraction of sp³-hybridized carbons (Fsp3) is 0.261. The number of aromatic nitrogens is 2. The summed E-state index contributed by atoms with van der Waals surface area (Å²) in [5, 5.41) is 10.3. The lowest BCUT2D eigenvalue weighted by Crippen LogP contribution is -2.03. The third-order valence-electron chi connectivity index (χ3n) is 4.99. The van der Waals surface area contributed by atoms with Gasteiger partial charge in [0.2, 0.25) is 0 Å². The number of rotatable bonds is 7. The normalized spacial score (nSPS) is 11.8. The summed E-state index contributed by atoms with van der Waals surface area (Å²) in [6, 6.07) is 8.78. The van der Waals surface area contributed by atoms with Crippen LogP contribution in [-0.2, 0) is 24.0 Å². The van der Waals surface area contributed by atoms with Gasteiger partial charge in [0.1, 0.15) is 17.4 Å². The summed E-state index contributed by atoms with van der Waals surface area (Å²) < 4.78 is 45.4. The molecule has 0 atom stereocenters. The lowest BCUT2D eigenvalue weighted by atomic mass is 10.1. The molecule has 0 saturated heterocycles. The number of benzene rings is 2. The topological polar surface area (TPSA) is 72.3 Å². The second-order valence-corrected chi connectivity index (χ2v) is 9.68. The van der Waals surface area contributed by atoms with Gasteiger partial charge in [-0.05, 0) is 37.6 Å². The molecule has 0 amide bonds. The summed E-state index contributed by atoms with van der Waals surface area (Å²) in [5.41, 5.74) is 2.38. The van der Waals surface area contributed by atoms with Gasteiger partial charge in [-0.2, -0.15) is 13.2 Å². The molecule has 4 rings (SSSR count). The Morgan fingerprint density at radius 3 is 2.48 bits per heavy atom. The fourth-order valence-electron chi connectivity index (χ4n) is 3.21. The lowest BCUT2D eigenvalue weighted by Gasteiger charge is -2.08. The Balaban J connectivity index is 1.49. The SMILES string of the molecule is Cc1cc2sc(CCC(=O)O)nc2cc1OCc1sc(-c2ccc(C(F)(F)F)cc2)nc1C. The first-order valence-corrected chi connectivity index (χ1v) is 11.6. The predicted molar refractivity (Wildman–Crippen MR) is 122 cm³/mol. The molecule has 0 fully saturated rings. The van der Waals surface area contributed by atoms with Crippen LogP contribution in [0.4, 0.5) is 13.2 Å². The molecule has 0 spiro atoms. The first-order chi connectivity index (χ1) is 15.6. The summed E-state index contributed by atoms with van der Waals surface area (Å²) in [6.07, 6.45) is -3.95. The van der Waals surface area contributed by atoms with E-state index in [0.717, 1.165) is 43.5 Å². The number of carbonyl (C=O) groups is 1. The number of aryl methyl sites for hydroxylation is 3. The molecule has 0 bridgehead atoms. The first-order valence-electron chi connectivity index (χ1n) is 9.99. The highest BCUT2D eigenvalue weighted by Crippen LogP contribution is 2.34. The molecule has 33 heavy (non-hydrogen) atoms. The van der Waals surface area contributed by atoms with Crippen LogP contribution in [0.25, 0.3) is 20.8 Å². The highest BCUT2D eigenvalue weighted by Gasteiger charge is 2.30. The molecule has 5 nitrogen and oxygen atoms in total. The van der Waals surface area contributed by atoms with Crippen molar-refractivity contribution in [3.63, 3.8) is 0 Å². The number of nitrogens with zero attached hydrogens (tertiary/aromatic N) is 2. The monoisotopic (exact) mass is 492 g/mol. The standard InChI is InChI=1S/C23H19F3N2O3S2/c1-12-9-18-16(28-20(32-18)7-8-21(29)30)10-17(12)31-11-19-13(2)27-22(33-19)14-3-5-15(6-4-14)23(24,25)26/h3-6,9-10H,7-8,11H2,1-2H3,(H,29,30). The molecule has 2 aromatic heterocycles. The van der Waals surface area contributed by atoms with E-state index < -0.39 is 17.7 Å². The minimum atomic E-state index is -4.37. The summed E-state index contributed by atoms with van der Waals surface area (Å²) >= 11 is 2.86. The van der Waals surface area contributed by atoms with Crippen LogP contribution >= 0.6 is 22.7 Å². The summed E-state index contributed by atoms with van der Waals surface area (Å²) in [6.45, 7) is 4.04. The van der Waals surface area contributed by atoms with Gasteiger partial charge in [-0.25, -0.2) is 9.97 Å². The third-order valence-corrected chi connectivity index (χ3v) is 7.25. The van der Waals surface area contributed by atoms with Crippen LogP contribution in [0, 0.1) is 13.8 Å². The van der Waals surface area contributed by atoms with E-state index in [2.05, 4.69) is 9.97 Å². The zero-order valence-electron chi connectivity index (χ0n) is 17.7. The van der Waals surface area contributed by atoms with Crippen molar-refractivity contribution in [1.82, 2.24) is 9.97 Å². The average molecular weight is 493 g/mol. The van der Waals surface area contributed by atoms with Gasteiger partial charge in [0.15, 0.2) is 0 Å². The summed E-state index contributed by atoms with van der Waals surface area (Å²) in [4.78, 5) is 20.7. The Kier molecular flexibility index (Phi) is 6.40. The zero-order valence-corrected chi connectivity index (χ0v) is 19.3. The number of halogens is 3. The molecule has 0 saturated carbocycles. The number of hydrogen-bond acceptors (Lipinski definition) is 6. The van der Waals surface area contributed by atoms with Crippen molar-refractivity contribution in [2.75, 3.05) is 0 Å². The maximum absolute atomic E-state index is 12.8. The molecular weight excluding hydrogens is 473 g/mol. The fourth-order valence-corrected chi connectivity index (χ4v) is 5.24. The molecule has 10 heteroatoms. The Bertz CT molecular complexity index is 1310. The second kappa shape index (κ2) is 9.11. The predicted octanol–water partition coefficient (Wildman–Crippen LogP) is 6.65. The van der Waals surface area contributed by atoms with Crippen molar-refractivity contribution in [1.29, 1.82) is 0 Å². The van der Waals surface area contributed by atoms with E-state index in [9.17, 15) is 18.0 Å².